The van der Waals surface area contributed by atoms with Gasteiger partial charge in [-0.1, -0.05) is 60.1 Å². The average Bonchev–Trinajstić information content (AvgIpc) is 2.16. The summed E-state index contributed by atoms with van der Waals surface area (Å²) in [7, 11) is 0. The lowest BCUT2D eigenvalue weighted by molar-refractivity contribution is 0.0238. The van der Waals surface area contributed by atoms with Crippen LogP contribution in [0.1, 0.15) is 54.4 Å². The topological polar surface area (TPSA) is 0 Å². The van der Waals surface area contributed by atoms with Gasteiger partial charge in [-0.15, -0.1) is 0 Å². The molecule has 1 rings (SSSR count). The summed E-state index contributed by atoms with van der Waals surface area (Å²) in [5, 5.41) is 0. The van der Waals surface area contributed by atoms with Crippen molar-refractivity contribution < 1.29 is 0 Å². The number of hydrogen-bond acceptors (Lipinski definition) is 0. The molecule has 88 valence electrons. The summed E-state index contributed by atoms with van der Waals surface area (Å²) in [5.41, 5.74) is 1.95. The van der Waals surface area contributed by atoms with Crippen molar-refractivity contribution in [3.63, 3.8) is 0 Å². The van der Waals surface area contributed by atoms with Gasteiger partial charge in [-0.2, -0.15) is 0 Å². The van der Waals surface area contributed by atoms with Crippen LogP contribution in [0.3, 0.4) is 0 Å². The highest BCUT2D eigenvalue weighted by molar-refractivity contribution is 5.22. The van der Waals surface area contributed by atoms with Gasteiger partial charge in [0, 0.05) is 0 Å². The Bertz CT molecular complexity index is 236. The smallest absolute Gasteiger partial charge is 0.0118 e. The minimum atomic E-state index is 0.428. The molecule has 4 atom stereocenters. The van der Waals surface area contributed by atoms with Crippen LogP contribution in [0.25, 0.3) is 0 Å². The van der Waals surface area contributed by atoms with Crippen molar-refractivity contribution in [1.29, 1.82) is 0 Å². The maximum absolute atomic E-state index is 4.33. The lowest BCUT2D eigenvalue weighted by Gasteiger charge is -2.55. The molecule has 0 saturated heterocycles. The largest absolute Gasteiger partial charge is 0.0993 e. The van der Waals surface area contributed by atoms with Crippen molar-refractivity contribution in [3.8, 4) is 0 Å². The molecule has 15 heavy (non-hydrogen) atoms. The molecular weight excluding hydrogens is 180 g/mol. The molecule has 1 aliphatic rings. The molecule has 0 bridgehead atoms. The zero-order chi connectivity index (χ0) is 11.8. The van der Waals surface area contributed by atoms with Gasteiger partial charge in [0.15, 0.2) is 0 Å². The van der Waals surface area contributed by atoms with E-state index < -0.39 is 0 Å². The van der Waals surface area contributed by atoms with Crippen molar-refractivity contribution in [3.05, 3.63) is 12.2 Å². The first-order chi connectivity index (χ1) is 6.87. The molecule has 0 N–H and O–H groups in total. The molecule has 0 heteroatoms. The Morgan fingerprint density at radius 2 is 1.87 bits per heavy atom. The molecule has 0 aliphatic heterocycles. The van der Waals surface area contributed by atoms with Crippen LogP contribution < -0.4 is 0 Å². The monoisotopic (exact) mass is 208 g/mol. The number of rotatable bonds is 4. The second kappa shape index (κ2) is 4.31. The fourth-order valence-corrected chi connectivity index (χ4v) is 3.64. The summed E-state index contributed by atoms with van der Waals surface area (Å²) in [5.74, 6) is 3.17. The third-order valence-electron chi connectivity index (χ3n) is 5.16. The summed E-state index contributed by atoms with van der Waals surface area (Å²) in [4.78, 5) is 0. The van der Waals surface area contributed by atoms with Crippen LogP contribution >= 0.6 is 0 Å². The molecule has 0 radical (unpaired) electrons. The van der Waals surface area contributed by atoms with Crippen LogP contribution in [0.15, 0.2) is 12.2 Å². The summed E-state index contributed by atoms with van der Waals surface area (Å²) >= 11 is 0. The quantitative estimate of drug-likeness (QED) is 0.576. The first kappa shape index (κ1) is 12.8. The van der Waals surface area contributed by atoms with Crippen LogP contribution in [0.5, 0.6) is 0 Å². The Hall–Kier alpha value is -0.260. The van der Waals surface area contributed by atoms with Gasteiger partial charge in [-0.3, -0.25) is 0 Å². The highest BCUT2D eigenvalue weighted by atomic mass is 14.5. The van der Waals surface area contributed by atoms with Crippen molar-refractivity contribution in [1.82, 2.24) is 0 Å². The van der Waals surface area contributed by atoms with Gasteiger partial charge in [-0.25, -0.2) is 0 Å². The SMILES string of the molecule is C=C1C(CC)C(C)C1C(C)(C)C(C)CC. The van der Waals surface area contributed by atoms with Crippen molar-refractivity contribution in [2.75, 3.05) is 0 Å². The predicted molar refractivity (Wildman–Crippen MR) is 68.8 cm³/mol. The maximum atomic E-state index is 4.33. The molecular formula is C15H28. The van der Waals surface area contributed by atoms with Crippen LogP contribution in [0.4, 0.5) is 0 Å². The Balaban J connectivity index is 2.78. The molecule has 4 unspecified atom stereocenters. The van der Waals surface area contributed by atoms with Crippen molar-refractivity contribution >= 4 is 0 Å². The molecule has 1 fully saturated rings. The van der Waals surface area contributed by atoms with E-state index in [1.54, 1.807) is 0 Å². The molecule has 0 aromatic carbocycles. The Morgan fingerprint density at radius 3 is 2.20 bits per heavy atom. The highest BCUT2D eigenvalue weighted by Gasteiger charge is 2.49. The Kier molecular flexibility index (Phi) is 3.68. The first-order valence-electron chi connectivity index (χ1n) is 6.56. The fraction of sp³-hybridized carbons (Fsp3) is 0.867. The van der Waals surface area contributed by atoms with Gasteiger partial charge in [-0.05, 0) is 35.5 Å². The average molecular weight is 208 g/mol. The fourth-order valence-electron chi connectivity index (χ4n) is 3.64. The Labute approximate surface area is 96.2 Å². The second-order valence-electron chi connectivity index (χ2n) is 6.06. The summed E-state index contributed by atoms with van der Waals surface area (Å²) in [6, 6.07) is 0. The lowest BCUT2D eigenvalue weighted by atomic mass is 9.50. The van der Waals surface area contributed by atoms with E-state index in [1.165, 1.54) is 18.4 Å². The van der Waals surface area contributed by atoms with Crippen LogP contribution in [-0.2, 0) is 0 Å². The second-order valence-corrected chi connectivity index (χ2v) is 6.06. The normalized spacial score (nSPS) is 33.7. The number of allylic oxidation sites excluding steroid dienone is 1. The molecule has 0 aromatic rings. The summed E-state index contributed by atoms with van der Waals surface area (Å²) in [6.07, 6.45) is 2.55. The third-order valence-corrected chi connectivity index (χ3v) is 5.16. The van der Waals surface area contributed by atoms with Crippen LogP contribution in [0.2, 0.25) is 0 Å². The van der Waals surface area contributed by atoms with E-state index in [9.17, 15) is 0 Å². The van der Waals surface area contributed by atoms with E-state index in [2.05, 4.69) is 48.1 Å². The molecule has 1 aliphatic carbocycles. The van der Waals surface area contributed by atoms with Crippen LogP contribution in [-0.4, -0.2) is 0 Å². The minimum absolute atomic E-state index is 0.428. The van der Waals surface area contributed by atoms with E-state index in [0.29, 0.717) is 5.41 Å². The van der Waals surface area contributed by atoms with E-state index in [-0.39, 0.29) is 0 Å². The minimum Gasteiger partial charge on any atom is -0.0993 e. The molecule has 0 nitrogen and oxygen atoms in total. The summed E-state index contributed by atoms with van der Waals surface area (Å²) in [6.45, 7) is 18.6. The zero-order valence-corrected chi connectivity index (χ0v) is 11.4. The summed E-state index contributed by atoms with van der Waals surface area (Å²) < 4.78 is 0. The zero-order valence-electron chi connectivity index (χ0n) is 11.4. The maximum Gasteiger partial charge on any atom is -0.0118 e. The Morgan fingerprint density at radius 1 is 1.33 bits per heavy atom. The van der Waals surface area contributed by atoms with E-state index in [4.69, 9.17) is 0 Å². The standard InChI is InChI=1S/C15H28/c1-8-10(3)15(6,7)14-11(4)13(9-2)12(14)5/h10,12-14H,4,8-9H2,1-3,5-7H3. The van der Waals surface area contributed by atoms with Gasteiger partial charge in [0.25, 0.3) is 0 Å². The molecule has 0 spiro atoms. The van der Waals surface area contributed by atoms with Gasteiger partial charge in [0.1, 0.15) is 0 Å². The van der Waals surface area contributed by atoms with Gasteiger partial charge < -0.3 is 0 Å². The van der Waals surface area contributed by atoms with Gasteiger partial charge in [0.05, 0.1) is 0 Å². The number of hydrogen-bond donors (Lipinski definition) is 0. The van der Waals surface area contributed by atoms with Crippen molar-refractivity contribution in [2.24, 2.45) is 29.1 Å². The third kappa shape index (κ3) is 1.88. The lowest BCUT2D eigenvalue weighted by Crippen LogP contribution is -2.48. The van der Waals surface area contributed by atoms with E-state index >= 15 is 0 Å². The van der Waals surface area contributed by atoms with E-state index in [1.807, 2.05) is 0 Å². The molecule has 0 aromatic heterocycles. The van der Waals surface area contributed by atoms with Gasteiger partial charge in [0.2, 0.25) is 0 Å². The molecule has 1 saturated carbocycles. The highest BCUT2D eigenvalue weighted by Crippen LogP contribution is 2.57. The van der Waals surface area contributed by atoms with Crippen LogP contribution in [0, 0.1) is 29.1 Å². The molecule has 0 heterocycles. The first-order valence-corrected chi connectivity index (χ1v) is 6.56. The molecule has 0 amide bonds. The van der Waals surface area contributed by atoms with Gasteiger partial charge >= 0.3 is 0 Å². The predicted octanol–water partition coefficient (Wildman–Crippen LogP) is 4.91. The van der Waals surface area contributed by atoms with E-state index in [0.717, 1.165) is 23.7 Å². The van der Waals surface area contributed by atoms with Crippen molar-refractivity contribution in [2.45, 2.75) is 54.4 Å².